The number of thiol groups is 2. The molecule has 3 atom stereocenters. The topological polar surface area (TPSA) is 122 Å². The molecule has 0 aromatic heterocycles. The molecule has 0 aliphatic carbocycles. The lowest BCUT2D eigenvalue weighted by molar-refractivity contribution is -0.141. The predicted octanol–water partition coefficient (Wildman–Crippen LogP) is -1.69. The summed E-state index contributed by atoms with van der Waals surface area (Å²) in [6.07, 6.45) is 1.14. The minimum atomic E-state index is -0.889. The van der Waals surface area contributed by atoms with Gasteiger partial charge < -0.3 is 21.3 Å². The number of carbonyl (C=O) groups excluding carboxylic acids is 4. The molecule has 0 bridgehead atoms. The van der Waals surface area contributed by atoms with Crippen LogP contribution in [0.1, 0.15) is 19.8 Å². The van der Waals surface area contributed by atoms with Crippen LogP contribution in [0.3, 0.4) is 0 Å². The van der Waals surface area contributed by atoms with Gasteiger partial charge in [-0.25, -0.2) is 0 Å². The molecule has 0 spiro atoms. The van der Waals surface area contributed by atoms with E-state index < -0.39 is 29.1 Å². The fraction of sp³-hybridized carbons (Fsp3) is 0.692. The molecule has 1 fully saturated rings. The lowest BCUT2D eigenvalue weighted by atomic mass is 10.1. The Balaban J connectivity index is 2.79. The van der Waals surface area contributed by atoms with E-state index in [-0.39, 0.29) is 24.1 Å². The molecule has 10 heteroatoms. The Kier molecular flexibility index (Phi) is 7.86. The van der Waals surface area contributed by atoms with Gasteiger partial charge in [0, 0.05) is 25.8 Å². The van der Waals surface area contributed by atoms with E-state index in [1.165, 1.54) is 11.8 Å². The van der Waals surface area contributed by atoms with Gasteiger partial charge in [-0.05, 0) is 12.8 Å². The zero-order valence-electron chi connectivity index (χ0n) is 12.8. The number of hydrogen-bond donors (Lipinski definition) is 5. The van der Waals surface area contributed by atoms with Crippen molar-refractivity contribution in [1.82, 2.24) is 15.5 Å². The van der Waals surface area contributed by atoms with Gasteiger partial charge in [0.15, 0.2) is 0 Å². The largest absolute Gasteiger partial charge is 0.344 e. The van der Waals surface area contributed by atoms with Gasteiger partial charge in [-0.3, -0.25) is 19.2 Å². The van der Waals surface area contributed by atoms with Crippen molar-refractivity contribution in [3.8, 4) is 0 Å². The molecule has 1 aliphatic heterocycles. The highest BCUT2D eigenvalue weighted by Gasteiger charge is 2.37. The summed E-state index contributed by atoms with van der Waals surface area (Å²) in [5.74, 6) is -1.03. The van der Waals surface area contributed by atoms with Crippen molar-refractivity contribution in [3.63, 3.8) is 0 Å². The number of amides is 3. The van der Waals surface area contributed by atoms with E-state index in [0.29, 0.717) is 19.4 Å². The Morgan fingerprint density at radius 1 is 1.26 bits per heavy atom. The van der Waals surface area contributed by atoms with Gasteiger partial charge >= 0.3 is 0 Å². The zero-order valence-corrected chi connectivity index (χ0v) is 14.6. The second-order valence-corrected chi connectivity index (χ2v) is 6.07. The Morgan fingerprint density at radius 2 is 1.91 bits per heavy atom. The maximum Gasteiger partial charge on any atom is 0.246 e. The molecule has 4 N–H and O–H groups in total. The Labute approximate surface area is 145 Å². The molecular weight excluding hydrogens is 340 g/mol. The summed E-state index contributed by atoms with van der Waals surface area (Å²) in [4.78, 5) is 48.6. The van der Waals surface area contributed by atoms with Crippen LogP contribution in [-0.2, 0) is 19.2 Å². The van der Waals surface area contributed by atoms with Crippen LogP contribution in [0.5, 0.6) is 0 Å². The first-order chi connectivity index (χ1) is 10.8. The molecule has 0 radical (unpaired) electrons. The van der Waals surface area contributed by atoms with Crippen molar-refractivity contribution in [3.05, 3.63) is 0 Å². The second kappa shape index (κ2) is 9.14. The van der Waals surface area contributed by atoms with Crippen LogP contribution < -0.4 is 16.4 Å². The molecule has 1 saturated heterocycles. The quantitative estimate of drug-likeness (QED) is 0.346. The van der Waals surface area contributed by atoms with Crippen LogP contribution >= 0.6 is 25.3 Å². The number of nitrogens with zero attached hydrogens (tertiary/aromatic N) is 1. The molecule has 23 heavy (non-hydrogen) atoms. The first-order valence-corrected chi connectivity index (χ1v) is 8.31. The first-order valence-electron chi connectivity index (χ1n) is 7.23. The highest BCUT2D eigenvalue weighted by atomic mass is 32.1. The maximum absolute atomic E-state index is 12.5. The predicted molar refractivity (Wildman–Crippen MR) is 91.2 cm³/mol. The number of nitrogens with two attached hydrogens (primary N) is 1. The van der Waals surface area contributed by atoms with E-state index in [0.717, 1.165) is 0 Å². The average molecular weight is 362 g/mol. The Bertz CT molecular complexity index is 489. The minimum Gasteiger partial charge on any atom is -0.344 e. The van der Waals surface area contributed by atoms with Gasteiger partial charge in [-0.2, -0.15) is 12.6 Å². The zero-order chi connectivity index (χ0) is 17.6. The van der Waals surface area contributed by atoms with Crippen LogP contribution in [0.15, 0.2) is 0 Å². The van der Waals surface area contributed by atoms with Gasteiger partial charge in [0.1, 0.15) is 18.1 Å². The molecule has 3 amide bonds. The van der Waals surface area contributed by atoms with Gasteiger partial charge in [0.2, 0.25) is 22.8 Å². The van der Waals surface area contributed by atoms with Gasteiger partial charge in [0.05, 0.1) is 0 Å². The van der Waals surface area contributed by atoms with E-state index >= 15 is 0 Å². The summed E-state index contributed by atoms with van der Waals surface area (Å²) < 4.78 is 0. The van der Waals surface area contributed by atoms with Gasteiger partial charge in [-0.1, -0.05) is 0 Å². The average Bonchev–Trinajstić information content (AvgIpc) is 2.98. The van der Waals surface area contributed by atoms with Crippen molar-refractivity contribution in [2.45, 2.75) is 37.9 Å². The molecule has 0 saturated carbocycles. The van der Waals surface area contributed by atoms with Crippen LogP contribution in [0.4, 0.5) is 0 Å². The number of likely N-dealkylation sites (tertiary alicyclic amines) is 1. The summed E-state index contributed by atoms with van der Waals surface area (Å²) in [7, 11) is 0. The van der Waals surface area contributed by atoms with Gasteiger partial charge in [-0.15, -0.1) is 12.6 Å². The van der Waals surface area contributed by atoms with Crippen LogP contribution in [0.2, 0.25) is 0 Å². The Hall–Kier alpha value is -1.26. The summed E-state index contributed by atoms with van der Waals surface area (Å²) in [6, 6.07) is -2.37. The number of nitrogens with one attached hydrogen (secondary N) is 2. The fourth-order valence-corrected chi connectivity index (χ4v) is 2.84. The first kappa shape index (κ1) is 19.8. The summed E-state index contributed by atoms with van der Waals surface area (Å²) in [5.41, 5.74) is 5.42. The van der Waals surface area contributed by atoms with Crippen molar-refractivity contribution in [2.24, 2.45) is 5.73 Å². The molecule has 130 valence electrons. The van der Waals surface area contributed by atoms with E-state index in [2.05, 4.69) is 35.9 Å². The molecule has 8 nitrogen and oxygen atoms in total. The second-order valence-electron chi connectivity index (χ2n) is 5.26. The smallest absolute Gasteiger partial charge is 0.246 e. The third kappa shape index (κ3) is 5.40. The van der Waals surface area contributed by atoms with E-state index in [1.54, 1.807) is 0 Å². The lowest BCUT2D eigenvalue weighted by Gasteiger charge is -2.28. The van der Waals surface area contributed by atoms with Crippen molar-refractivity contribution in [2.75, 3.05) is 18.8 Å². The number of hydrogen-bond acceptors (Lipinski definition) is 6. The molecule has 1 rings (SSSR count). The fourth-order valence-electron chi connectivity index (χ4n) is 2.42. The van der Waals surface area contributed by atoms with Crippen LogP contribution in [0, 0.1) is 0 Å². The normalized spacial score (nSPS) is 19.8. The van der Waals surface area contributed by atoms with Crippen molar-refractivity contribution < 1.29 is 19.2 Å². The molecule has 1 aliphatic rings. The van der Waals surface area contributed by atoms with Crippen LogP contribution in [0.25, 0.3) is 0 Å². The van der Waals surface area contributed by atoms with Crippen molar-refractivity contribution in [1.29, 1.82) is 0 Å². The molecule has 1 heterocycles. The standard InChI is InChI=1S/C13H22N4O4S2/c1-7(18)15-9(6-22)12(20)17-4-2-3-10(17)11(19)16-8(5-14)13(21)23/h8-10,22H,2-6,14H2,1H3,(H,15,18)(H,16,19)(H,21,23). The van der Waals surface area contributed by atoms with Crippen molar-refractivity contribution >= 4 is 48.1 Å². The SMILES string of the molecule is CC(=O)NC(CS)C(=O)N1CCCC1C(=O)NC(CN)C(=O)S. The van der Waals surface area contributed by atoms with E-state index in [4.69, 9.17) is 5.73 Å². The third-order valence-electron chi connectivity index (χ3n) is 3.55. The summed E-state index contributed by atoms with van der Waals surface area (Å²) >= 11 is 7.73. The number of carbonyl (C=O) groups is 4. The maximum atomic E-state index is 12.5. The van der Waals surface area contributed by atoms with E-state index in [1.807, 2.05) is 0 Å². The molecule has 3 unspecified atom stereocenters. The van der Waals surface area contributed by atoms with Crippen LogP contribution in [-0.4, -0.2) is 64.7 Å². The highest BCUT2D eigenvalue weighted by molar-refractivity contribution is 7.96. The summed E-state index contributed by atoms with van der Waals surface area (Å²) in [6.45, 7) is 1.64. The monoisotopic (exact) mass is 362 g/mol. The molecule has 0 aromatic carbocycles. The van der Waals surface area contributed by atoms with E-state index in [9.17, 15) is 19.2 Å². The lowest BCUT2D eigenvalue weighted by Crippen LogP contribution is -2.56. The third-order valence-corrected chi connectivity index (χ3v) is 4.22. The highest BCUT2D eigenvalue weighted by Crippen LogP contribution is 2.19. The van der Waals surface area contributed by atoms with Gasteiger partial charge in [0.25, 0.3) is 0 Å². The molecule has 0 aromatic rings. The minimum absolute atomic E-state index is 0.0695. The number of rotatable bonds is 7. The summed E-state index contributed by atoms with van der Waals surface area (Å²) in [5, 5.41) is 4.47. The Morgan fingerprint density at radius 3 is 2.39 bits per heavy atom. The molecular formula is C13H22N4O4S2.